The maximum atomic E-state index is 13.2. The largest absolute Gasteiger partial charge is 0.480 e. The van der Waals surface area contributed by atoms with Crippen LogP contribution in [0.1, 0.15) is 31.9 Å². The Morgan fingerprint density at radius 2 is 1.81 bits per heavy atom. The van der Waals surface area contributed by atoms with Crippen LogP contribution in [0.25, 0.3) is 0 Å². The zero-order chi connectivity index (χ0) is 16.2. The summed E-state index contributed by atoms with van der Waals surface area (Å²) in [6.45, 7) is 3.50. The molecule has 1 rings (SSSR count). The van der Waals surface area contributed by atoms with Gasteiger partial charge in [0.05, 0.1) is 0 Å². The van der Waals surface area contributed by atoms with E-state index in [4.69, 9.17) is 16.7 Å². The molecule has 1 aromatic rings. The Labute approximate surface area is 126 Å². The van der Waals surface area contributed by atoms with E-state index < -0.39 is 24.2 Å². The van der Waals surface area contributed by atoms with E-state index in [9.17, 15) is 18.0 Å². The lowest BCUT2D eigenvalue weighted by Gasteiger charge is -2.26. The molecule has 0 radical (unpaired) electrons. The second-order valence-electron chi connectivity index (χ2n) is 5.21. The van der Waals surface area contributed by atoms with Crippen molar-refractivity contribution in [3.8, 4) is 0 Å². The summed E-state index contributed by atoms with van der Waals surface area (Å²) in [4.78, 5) is 11.1. The van der Waals surface area contributed by atoms with Crippen molar-refractivity contribution in [1.29, 1.82) is 0 Å². The monoisotopic (exact) mass is 323 g/mol. The summed E-state index contributed by atoms with van der Waals surface area (Å²) < 4.78 is 39.5. The lowest BCUT2D eigenvalue weighted by molar-refractivity contribution is -0.163. The number of aliphatic carboxylic acids is 1. The van der Waals surface area contributed by atoms with E-state index in [1.807, 2.05) is 0 Å². The summed E-state index contributed by atoms with van der Waals surface area (Å²) in [6, 6.07) is 1.84. The molecule has 0 saturated heterocycles. The number of nitrogens with one attached hydrogen (secondary N) is 1. The fraction of sp³-hybridized carbons (Fsp3) is 0.500. The SMILES string of the molecule is CC(C)C[C@H](N[C@@H](c1ccc(Cl)cc1)C(F)(F)F)C(=O)O. The summed E-state index contributed by atoms with van der Waals surface area (Å²) in [6.07, 6.45) is -4.49. The van der Waals surface area contributed by atoms with Gasteiger partial charge < -0.3 is 5.11 Å². The minimum atomic E-state index is -4.60. The van der Waals surface area contributed by atoms with Crippen molar-refractivity contribution >= 4 is 17.6 Å². The number of hydrogen-bond donors (Lipinski definition) is 2. The number of rotatable bonds is 6. The molecule has 0 heterocycles. The minimum Gasteiger partial charge on any atom is -0.480 e. The molecule has 0 unspecified atom stereocenters. The van der Waals surface area contributed by atoms with Crippen LogP contribution in [0.15, 0.2) is 24.3 Å². The van der Waals surface area contributed by atoms with E-state index in [0.29, 0.717) is 5.02 Å². The van der Waals surface area contributed by atoms with Gasteiger partial charge in [0.2, 0.25) is 0 Å². The smallest absolute Gasteiger partial charge is 0.407 e. The van der Waals surface area contributed by atoms with Crippen LogP contribution in [0.2, 0.25) is 5.02 Å². The summed E-state index contributed by atoms with van der Waals surface area (Å²) >= 11 is 5.66. The van der Waals surface area contributed by atoms with Crippen molar-refractivity contribution < 1.29 is 23.1 Å². The number of carboxylic acid groups (broad SMARTS) is 1. The molecule has 21 heavy (non-hydrogen) atoms. The molecule has 1 aromatic carbocycles. The summed E-state index contributed by atoms with van der Waals surface area (Å²) in [7, 11) is 0. The van der Waals surface area contributed by atoms with Crippen molar-refractivity contribution in [2.75, 3.05) is 0 Å². The van der Waals surface area contributed by atoms with E-state index in [0.717, 1.165) is 0 Å². The van der Waals surface area contributed by atoms with E-state index in [1.165, 1.54) is 24.3 Å². The average molecular weight is 324 g/mol. The molecule has 0 aliphatic heterocycles. The van der Waals surface area contributed by atoms with Gasteiger partial charge in [-0.05, 0) is 30.0 Å². The maximum Gasteiger partial charge on any atom is 0.407 e. The van der Waals surface area contributed by atoms with Gasteiger partial charge in [-0.25, -0.2) is 0 Å². The fourth-order valence-electron chi connectivity index (χ4n) is 1.95. The molecule has 0 aliphatic carbocycles. The van der Waals surface area contributed by atoms with Gasteiger partial charge in [0.15, 0.2) is 0 Å². The summed E-state index contributed by atoms with van der Waals surface area (Å²) in [5, 5.41) is 11.6. The van der Waals surface area contributed by atoms with Crippen LogP contribution in [0.3, 0.4) is 0 Å². The second kappa shape index (κ2) is 7.13. The number of carbonyl (C=O) groups is 1. The molecular formula is C14H17ClF3NO2. The van der Waals surface area contributed by atoms with E-state index >= 15 is 0 Å². The highest BCUT2D eigenvalue weighted by Crippen LogP contribution is 2.34. The van der Waals surface area contributed by atoms with Crippen LogP contribution in [0, 0.1) is 5.92 Å². The summed E-state index contributed by atoms with van der Waals surface area (Å²) in [5.41, 5.74) is -0.0677. The first-order valence-corrected chi connectivity index (χ1v) is 6.80. The predicted molar refractivity (Wildman–Crippen MR) is 74.3 cm³/mol. The molecule has 118 valence electrons. The molecule has 0 aromatic heterocycles. The predicted octanol–water partition coefficient (Wildman–Crippen LogP) is 4.03. The van der Waals surface area contributed by atoms with Gasteiger partial charge in [-0.2, -0.15) is 13.2 Å². The zero-order valence-corrected chi connectivity index (χ0v) is 12.4. The third-order valence-electron chi connectivity index (χ3n) is 2.90. The van der Waals surface area contributed by atoms with Gasteiger partial charge in [0.1, 0.15) is 12.1 Å². The van der Waals surface area contributed by atoms with Gasteiger partial charge in [-0.3, -0.25) is 10.1 Å². The molecular weight excluding hydrogens is 307 g/mol. The quantitative estimate of drug-likeness (QED) is 0.831. The lowest BCUT2D eigenvalue weighted by atomic mass is 10.0. The van der Waals surface area contributed by atoms with Crippen LogP contribution in [-0.4, -0.2) is 23.3 Å². The Bertz CT molecular complexity index is 474. The van der Waals surface area contributed by atoms with Crippen LogP contribution >= 0.6 is 11.6 Å². The van der Waals surface area contributed by atoms with Crippen LogP contribution < -0.4 is 5.32 Å². The van der Waals surface area contributed by atoms with Gasteiger partial charge >= 0.3 is 12.1 Å². The zero-order valence-electron chi connectivity index (χ0n) is 11.6. The van der Waals surface area contributed by atoms with E-state index in [-0.39, 0.29) is 17.9 Å². The average Bonchev–Trinajstić information content (AvgIpc) is 2.33. The van der Waals surface area contributed by atoms with Crippen LogP contribution in [0.4, 0.5) is 13.2 Å². The molecule has 0 bridgehead atoms. The Kier molecular flexibility index (Phi) is 6.04. The first kappa shape index (κ1) is 17.8. The molecule has 0 aliphatic rings. The Hall–Kier alpha value is -1.27. The van der Waals surface area contributed by atoms with Gasteiger partial charge in [0, 0.05) is 5.02 Å². The minimum absolute atomic E-state index is 0.0438. The van der Waals surface area contributed by atoms with Gasteiger partial charge in [0.25, 0.3) is 0 Å². The first-order chi connectivity index (χ1) is 9.61. The number of benzene rings is 1. The molecule has 0 spiro atoms. The van der Waals surface area contributed by atoms with Crippen molar-refractivity contribution in [3.05, 3.63) is 34.9 Å². The van der Waals surface area contributed by atoms with Crippen LogP contribution in [0.5, 0.6) is 0 Å². The van der Waals surface area contributed by atoms with Crippen molar-refractivity contribution in [1.82, 2.24) is 5.32 Å². The van der Waals surface area contributed by atoms with Crippen molar-refractivity contribution in [2.45, 2.75) is 38.5 Å². The highest BCUT2D eigenvalue weighted by molar-refractivity contribution is 6.30. The van der Waals surface area contributed by atoms with Crippen molar-refractivity contribution in [3.63, 3.8) is 0 Å². The lowest BCUT2D eigenvalue weighted by Crippen LogP contribution is -2.45. The Morgan fingerprint density at radius 1 is 1.29 bits per heavy atom. The number of carboxylic acids is 1. The third kappa shape index (κ3) is 5.55. The molecule has 2 N–H and O–H groups in total. The molecule has 3 nitrogen and oxygen atoms in total. The fourth-order valence-corrected chi connectivity index (χ4v) is 2.07. The molecule has 0 saturated carbocycles. The third-order valence-corrected chi connectivity index (χ3v) is 3.16. The molecule has 0 fully saturated rings. The van der Waals surface area contributed by atoms with E-state index in [1.54, 1.807) is 13.8 Å². The standard InChI is InChI=1S/C14H17ClF3NO2/c1-8(2)7-11(13(20)21)19-12(14(16,17)18)9-3-5-10(15)6-4-9/h3-6,8,11-12,19H,7H2,1-2H3,(H,20,21)/t11-,12-/m0/s1. The molecule has 2 atom stereocenters. The van der Waals surface area contributed by atoms with Gasteiger partial charge in [-0.1, -0.05) is 37.6 Å². The summed E-state index contributed by atoms with van der Waals surface area (Å²) in [5.74, 6) is -1.34. The highest BCUT2D eigenvalue weighted by Gasteiger charge is 2.42. The molecule has 0 amide bonds. The van der Waals surface area contributed by atoms with Crippen LogP contribution in [-0.2, 0) is 4.79 Å². The topological polar surface area (TPSA) is 49.3 Å². The Morgan fingerprint density at radius 3 is 2.19 bits per heavy atom. The van der Waals surface area contributed by atoms with Gasteiger partial charge in [-0.15, -0.1) is 0 Å². The first-order valence-electron chi connectivity index (χ1n) is 6.42. The highest BCUT2D eigenvalue weighted by atomic mass is 35.5. The second-order valence-corrected chi connectivity index (χ2v) is 5.65. The number of halogens is 4. The number of hydrogen-bond acceptors (Lipinski definition) is 2. The maximum absolute atomic E-state index is 13.2. The van der Waals surface area contributed by atoms with E-state index in [2.05, 4.69) is 5.32 Å². The van der Waals surface area contributed by atoms with Crippen molar-refractivity contribution in [2.24, 2.45) is 5.92 Å². The Balaban J connectivity index is 3.03. The molecule has 7 heteroatoms. The normalized spacial score (nSPS) is 15.0. The number of alkyl halides is 3.